The Balaban J connectivity index is 0.00000289. The number of hydrogen-bond acceptors (Lipinski definition) is 6. The lowest BCUT2D eigenvalue weighted by molar-refractivity contribution is -0.922. The number of benzene rings is 2. The number of fused-ring (bicyclic) bond motifs is 2. The van der Waals surface area contributed by atoms with Crippen molar-refractivity contribution in [3.8, 4) is 17.2 Å². The number of likely N-dealkylation sites (N-methyl/N-ethyl adjacent to an activating group) is 1. The molecule has 0 saturated carbocycles. The number of quaternary nitrogens is 1. The van der Waals surface area contributed by atoms with Gasteiger partial charge in [-0.3, -0.25) is 4.79 Å². The van der Waals surface area contributed by atoms with Crippen LogP contribution >= 0.6 is 0 Å². The zero-order chi connectivity index (χ0) is 22.2. The number of carbonyl (C=O) groups is 1. The van der Waals surface area contributed by atoms with Crippen molar-refractivity contribution in [1.29, 1.82) is 0 Å². The Morgan fingerprint density at radius 1 is 1.19 bits per heavy atom. The largest absolute Gasteiger partial charge is 1.00 e. The molecule has 2 aromatic carbocycles. The Morgan fingerprint density at radius 3 is 2.66 bits per heavy atom. The summed E-state index contributed by atoms with van der Waals surface area (Å²) in [6.07, 6.45) is 1.35. The van der Waals surface area contributed by atoms with Gasteiger partial charge in [0.05, 0.1) is 47.4 Å². The lowest BCUT2D eigenvalue weighted by atomic mass is 9.83. The standard InChI is InChI=1S/C24H30NO6.HI/c1-25(2)8-7-15-9-22-24(31-14-30-22)19(13-27)23(15)20(25)11-17(28)10-18-16(12-26)5-4-6-21(18)29-3;/h4-6,9,20,26-27H,7-8,10-14H2,1-3H3;1H/q+1;/p-1. The average molecular weight is 555 g/mol. The van der Waals surface area contributed by atoms with Crippen molar-refractivity contribution in [3.63, 3.8) is 0 Å². The maximum absolute atomic E-state index is 13.3. The fourth-order valence-electron chi connectivity index (χ4n) is 4.86. The molecule has 0 aromatic heterocycles. The summed E-state index contributed by atoms with van der Waals surface area (Å²) in [7, 11) is 5.81. The van der Waals surface area contributed by atoms with E-state index in [9.17, 15) is 15.0 Å². The van der Waals surface area contributed by atoms with Crippen LogP contribution in [0.5, 0.6) is 17.2 Å². The molecular formula is C24H30INO6. The van der Waals surface area contributed by atoms with Crippen LogP contribution in [-0.4, -0.2) is 55.0 Å². The maximum Gasteiger partial charge on any atom is 0.231 e. The predicted molar refractivity (Wildman–Crippen MR) is 114 cm³/mol. The van der Waals surface area contributed by atoms with E-state index in [0.717, 1.165) is 35.2 Å². The first-order valence-corrected chi connectivity index (χ1v) is 10.5. The van der Waals surface area contributed by atoms with Gasteiger partial charge in [-0.05, 0) is 23.3 Å². The molecule has 32 heavy (non-hydrogen) atoms. The second kappa shape index (κ2) is 9.94. The first-order valence-electron chi connectivity index (χ1n) is 10.5. The second-order valence-corrected chi connectivity index (χ2v) is 8.76. The summed E-state index contributed by atoms with van der Waals surface area (Å²) < 4.78 is 17.3. The van der Waals surface area contributed by atoms with Crippen LogP contribution < -0.4 is 38.2 Å². The molecule has 8 heteroatoms. The third-order valence-electron chi connectivity index (χ3n) is 6.60. The van der Waals surface area contributed by atoms with Crippen molar-refractivity contribution in [2.24, 2.45) is 0 Å². The van der Waals surface area contributed by atoms with Crippen molar-refractivity contribution in [1.82, 2.24) is 0 Å². The molecule has 2 aromatic rings. The smallest absolute Gasteiger partial charge is 0.231 e. The molecule has 0 aliphatic carbocycles. The summed E-state index contributed by atoms with van der Waals surface area (Å²) in [6, 6.07) is 7.32. The number of rotatable bonds is 7. The van der Waals surface area contributed by atoms with Crippen LogP contribution in [0.2, 0.25) is 0 Å². The topological polar surface area (TPSA) is 85.2 Å². The Morgan fingerprint density at radius 2 is 1.97 bits per heavy atom. The van der Waals surface area contributed by atoms with Crippen molar-refractivity contribution >= 4 is 5.78 Å². The Hall–Kier alpha value is -1.88. The number of hydrogen-bond donors (Lipinski definition) is 2. The molecule has 2 heterocycles. The van der Waals surface area contributed by atoms with E-state index in [-0.39, 0.29) is 62.2 Å². The zero-order valence-corrected chi connectivity index (χ0v) is 20.8. The normalized spacial score (nSPS) is 18.0. The van der Waals surface area contributed by atoms with Gasteiger partial charge in [0.25, 0.3) is 0 Å². The number of halogens is 1. The third-order valence-corrected chi connectivity index (χ3v) is 6.60. The van der Waals surface area contributed by atoms with E-state index in [2.05, 4.69) is 14.1 Å². The highest BCUT2D eigenvalue weighted by atomic mass is 127. The number of aliphatic hydroxyl groups is 2. The van der Waals surface area contributed by atoms with E-state index in [1.54, 1.807) is 7.11 Å². The molecule has 2 aliphatic rings. The van der Waals surface area contributed by atoms with Crippen molar-refractivity contribution < 1.29 is 57.7 Å². The van der Waals surface area contributed by atoms with Crippen LogP contribution in [0.3, 0.4) is 0 Å². The Kier molecular flexibility index (Phi) is 7.69. The van der Waals surface area contributed by atoms with Crippen LogP contribution in [0.1, 0.15) is 40.3 Å². The number of aliphatic hydroxyl groups excluding tert-OH is 2. The molecule has 0 bridgehead atoms. The molecule has 0 spiro atoms. The molecule has 0 radical (unpaired) electrons. The quantitative estimate of drug-likeness (QED) is 0.347. The van der Waals surface area contributed by atoms with Crippen LogP contribution in [0.25, 0.3) is 0 Å². The monoisotopic (exact) mass is 555 g/mol. The number of methoxy groups -OCH3 is 1. The Bertz CT molecular complexity index is 984. The van der Waals surface area contributed by atoms with E-state index >= 15 is 0 Å². The SMILES string of the molecule is COc1cccc(CO)c1CC(=O)CC1c2c(cc3c(c2CO)OCO3)CC[N+]1(C)C.[I-]. The lowest BCUT2D eigenvalue weighted by Crippen LogP contribution is -3.00. The number of ketones is 1. The summed E-state index contributed by atoms with van der Waals surface area (Å²) in [4.78, 5) is 13.3. The van der Waals surface area contributed by atoms with Gasteiger partial charge in [0.2, 0.25) is 6.79 Å². The fourth-order valence-corrected chi connectivity index (χ4v) is 4.86. The van der Waals surface area contributed by atoms with E-state index in [4.69, 9.17) is 14.2 Å². The summed E-state index contributed by atoms with van der Waals surface area (Å²) in [5.74, 6) is 1.93. The maximum atomic E-state index is 13.3. The van der Waals surface area contributed by atoms with Gasteiger partial charge in [-0.15, -0.1) is 0 Å². The molecule has 2 aliphatic heterocycles. The van der Waals surface area contributed by atoms with Crippen molar-refractivity contribution in [2.75, 3.05) is 34.5 Å². The minimum absolute atomic E-state index is 0. The molecule has 7 nitrogen and oxygen atoms in total. The van der Waals surface area contributed by atoms with Crippen LogP contribution in [0.15, 0.2) is 24.3 Å². The first kappa shape index (κ1) is 24.8. The summed E-state index contributed by atoms with van der Waals surface area (Å²) in [5, 5.41) is 19.9. The highest BCUT2D eigenvalue weighted by Crippen LogP contribution is 2.47. The van der Waals surface area contributed by atoms with Gasteiger partial charge in [0, 0.05) is 29.5 Å². The molecule has 4 rings (SSSR count). The molecular weight excluding hydrogens is 525 g/mol. The van der Waals surface area contributed by atoms with Gasteiger partial charge in [0.1, 0.15) is 17.6 Å². The zero-order valence-electron chi connectivity index (χ0n) is 18.7. The number of ether oxygens (including phenoxy) is 3. The third kappa shape index (κ3) is 4.46. The summed E-state index contributed by atoms with van der Waals surface area (Å²) in [6.45, 7) is 0.712. The first-order chi connectivity index (χ1) is 14.9. The molecule has 2 N–H and O–H groups in total. The van der Waals surface area contributed by atoms with Gasteiger partial charge in [0.15, 0.2) is 11.5 Å². The second-order valence-electron chi connectivity index (χ2n) is 8.76. The van der Waals surface area contributed by atoms with E-state index in [0.29, 0.717) is 33.7 Å². The molecule has 174 valence electrons. The number of carbonyl (C=O) groups excluding carboxylic acids is 1. The van der Waals surface area contributed by atoms with Gasteiger partial charge in [-0.25, -0.2) is 0 Å². The van der Waals surface area contributed by atoms with Gasteiger partial charge >= 0.3 is 0 Å². The number of Topliss-reactive ketones (excluding diaryl/α,β-unsaturated/α-hetero) is 1. The molecule has 1 unspecified atom stereocenters. The molecule has 0 saturated heterocycles. The van der Waals surface area contributed by atoms with Crippen molar-refractivity contribution in [3.05, 3.63) is 52.1 Å². The van der Waals surface area contributed by atoms with Gasteiger partial charge in [-0.1, -0.05) is 12.1 Å². The summed E-state index contributed by atoms with van der Waals surface area (Å²) >= 11 is 0. The summed E-state index contributed by atoms with van der Waals surface area (Å²) in [5.41, 5.74) is 4.26. The van der Waals surface area contributed by atoms with Crippen molar-refractivity contribution in [2.45, 2.75) is 38.5 Å². The van der Waals surface area contributed by atoms with E-state index < -0.39 is 0 Å². The highest BCUT2D eigenvalue weighted by molar-refractivity contribution is 5.83. The van der Waals surface area contributed by atoms with Crippen LogP contribution in [0, 0.1) is 0 Å². The van der Waals surface area contributed by atoms with Gasteiger partial charge in [-0.2, -0.15) is 0 Å². The van der Waals surface area contributed by atoms with Gasteiger partial charge < -0.3 is 52.9 Å². The van der Waals surface area contributed by atoms with Crippen LogP contribution in [0.4, 0.5) is 0 Å². The van der Waals surface area contributed by atoms with Crippen LogP contribution in [-0.2, 0) is 30.8 Å². The number of nitrogens with zero attached hydrogens (tertiary/aromatic N) is 1. The predicted octanol–water partition coefficient (Wildman–Crippen LogP) is -0.712. The van der Waals surface area contributed by atoms with E-state index in [1.807, 2.05) is 24.3 Å². The molecule has 0 amide bonds. The molecule has 0 fully saturated rings. The van der Waals surface area contributed by atoms with E-state index in [1.165, 1.54) is 0 Å². The Labute approximate surface area is 205 Å². The lowest BCUT2D eigenvalue weighted by Gasteiger charge is -2.43. The molecule has 1 atom stereocenters. The minimum Gasteiger partial charge on any atom is -1.00 e. The average Bonchev–Trinajstić information content (AvgIpc) is 3.22. The highest BCUT2D eigenvalue weighted by Gasteiger charge is 2.41. The fraction of sp³-hybridized carbons (Fsp3) is 0.458. The minimum atomic E-state index is -0.166.